The van der Waals surface area contributed by atoms with Crippen molar-refractivity contribution < 1.29 is 19.4 Å². The van der Waals surface area contributed by atoms with Crippen molar-refractivity contribution >= 4 is 25.2 Å². The highest BCUT2D eigenvalue weighted by molar-refractivity contribution is 6.76. The van der Waals surface area contributed by atoms with E-state index in [1.54, 1.807) is 12.1 Å². The molecule has 4 rings (SSSR count). The molecule has 0 saturated heterocycles. The lowest BCUT2D eigenvalue weighted by atomic mass is 10.0. The van der Waals surface area contributed by atoms with Crippen molar-refractivity contribution in [2.45, 2.75) is 45.3 Å². The Morgan fingerprint density at radius 2 is 1.84 bits per heavy atom. The number of nitrogens with zero attached hydrogens (tertiary/aromatic N) is 3. The summed E-state index contributed by atoms with van der Waals surface area (Å²) in [7, 11) is 0.150. The van der Waals surface area contributed by atoms with Crippen LogP contribution < -0.4 is 0 Å². The van der Waals surface area contributed by atoms with Crippen LogP contribution in [0.3, 0.4) is 0 Å². The zero-order valence-corrected chi connectivity index (χ0v) is 23.0. The van der Waals surface area contributed by atoms with Gasteiger partial charge in [0.1, 0.15) is 18.1 Å². The first-order valence-corrected chi connectivity index (χ1v) is 16.3. The summed E-state index contributed by atoms with van der Waals surface area (Å²) in [5, 5.41) is 9.24. The Morgan fingerprint density at radius 3 is 2.54 bits per heavy atom. The molecule has 4 aromatic rings. The lowest BCUT2D eigenvalue weighted by Gasteiger charge is -2.16. The number of imidazole rings is 1. The normalized spacial score (nSPS) is 11.7. The van der Waals surface area contributed by atoms with Crippen LogP contribution in [0.25, 0.3) is 33.7 Å². The first-order valence-electron chi connectivity index (χ1n) is 12.6. The average Bonchev–Trinajstić information content (AvgIpc) is 3.27. The molecule has 2 heterocycles. The second-order valence-electron chi connectivity index (χ2n) is 10.3. The van der Waals surface area contributed by atoms with Gasteiger partial charge in [0.15, 0.2) is 5.65 Å². The molecule has 0 aliphatic carbocycles. The van der Waals surface area contributed by atoms with E-state index in [9.17, 15) is 9.90 Å². The molecule has 0 fully saturated rings. The molecule has 194 valence electrons. The van der Waals surface area contributed by atoms with E-state index in [-0.39, 0.29) is 12.6 Å². The van der Waals surface area contributed by atoms with Gasteiger partial charge in [0.2, 0.25) is 0 Å². The molecule has 0 aliphatic rings. The number of hydrogen-bond donors (Lipinski definition) is 1. The number of aryl methyl sites for hydroxylation is 1. The smallest absolute Gasteiger partial charge is 0.337 e. The Labute approximate surface area is 219 Å². The number of aliphatic hydroxyl groups is 1. The monoisotopic (exact) mass is 517 g/mol. The number of pyridine rings is 1. The largest absolute Gasteiger partial charge is 0.465 e. The van der Waals surface area contributed by atoms with E-state index in [4.69, 9.17) is 19.4 Å². The van der Waals surface area contributed by atoms with Crippen LogP contribution in [0.1, 0.15) is 22.3 Å². The van der Waals surface area contributed by atoms with Crippen molar-refractivity contribution in [2.75, 3.05) is 20.3 Å². The molecule has 0 radical (unpaired) electrons. The fourth-order valence-corrected chi connectivity index (χ4v) is 4.93. The highest BCUT2D eigenvalue weighted by atomic mass is 28.3. The van der Waals surface area contributed by atoms with E-state index in [1.807, 2.05) is 35.0 Å². The summed E-state index contributed by atoms with van der Waals surface area (Å²) < 4.78 is 13.0. The lowest BCUT2D eigenvalue weighted by Crippen LogP contribution is -2.22. The third-order valence-electron chi connectivity index (χ3n) is 6.28. The Bertz CT molecular complexity index is 1360. The minimum atomic E-state index is -1.22. The maximum Gasteiger partial charge on any atom is 0.337 e. The highest BCUT2D eigenvalue weighted by Gasteiger charge is 2.19. The van der Waals surface area contributed by atoms with Crippen LogP contribution in [0, 0.1) is 0 Å². The Balaban J connectivity index is 1.77. The molecular weight excluding hydrogens is 482 g/mol. The van der Waals surface area contributed by atoms with E-state index in [1.165, 1.54) is 12.7 Å². The molecule has 0 atom stereocenters. The molecule has 1 N–H and O–H groups in total. The van der Waals surface area contributed by atoms with E-state index in [0.29, 0.717) is 18.9 Å². The molecule has 0 unspecified atom stereocenters. The van der Waals surface area contributed by atoms with Crippen molar-refractivity contribution in [3.63, 3.8) is 0 Å². The minimum Gasteiger partial charge on any atom is -0.465 e. The van der Waals surface area contributed by atoms with Gasteiger partial charge in [-0.15, -0.1) is 0 Å². The molecule has 37 heavy (non-hydrogen) atoms. The molecule has 8 heteroatoms. The number of fused-ring (bicyclic) bond motifs is 1. The molecule has 0 amide bonds. The van der Waals surface area contributed by atoms with Gasteiger partial charge in [-0.1, -0.05) is 56.0 Å². The van der Waals surface area contributed by atoms with E-state index in [0.717, 1.165) is 52.6 Å². The molecule has 7 nitrogen and oxygen atoms in total. The van der Waals surface area contributed by atoms with E-state index in [2.05, 4.69) is 37.8 Å². The number of esters is 1. The van der Waals surface area contributed by atoms with Crippen molar-refractivity contribution in [1.29, 1.82) is 0 Å². The summed E-state index contributed by atoms with van der Waals surface area (Å²) in [6.07, 6.45) is 3.35. The van der Waals surface area contributed by atoms with E-state index < -0.39 is 8.07 Å². The quantitative estimate of drug-likeness (QED) is 0.154. The maximum absolute atomic E-state index is 11.9. The highest BCUT2D eigenvalue weighted by Crippen LogP contribution is 2.32. The molecule has 0 aliphatic heterocycles. The molecular formula is C29H35N3O4Si. The zero-order valence-electron chi connectivity index (χ0n) is 22.0. The summed E-state index contributed by atoms with van der Waals surface area (Å²) >= 11 is 0. The number of carbonyl (C=O) groups excluding carboxylic acids is 1. The number of hydrogen-bond acceptors (Lipinski definition) is 6. The fraction of sp³-hybridized carbons (Fsp3) is 0.345. The van der Waals surface area contributed by atoms with Gasteiger partial charge < -0.3 is 14.6 Å². The SMILES string of the molecule is COC(=O)c1ccc(-c2nc3c(-c4cccc(CCCO)c4)ccnc3n2COCC[Si](C)(C)C)cc1. The zero-order chi connectivity index (χ0) is 26.4. The third-order valence-corrected chi connectivity index (χ3v) is 7.98. The third kappa shape index (κ3) is 6.52. The van der Waals surface area contributed by atoms with Crippen LogP contribution in [0.5, 0.6) is 0 Å². The second kappa shape index (κ2) is 11.8. The van der Waals surface area contributed by atoms with Crippen LogP contribution in [-0.2, 0) is 22.6 Å². The number of carbonyl (C=O) groups is 1. The van der Waals surface area contributed by atoms with Crippen molar-refractivity contribution in [3.05, 3.63) is 71.9 Å². The molecule has 0 saturated carbocycles. The van der Waals surface area contributed by atoms with Crippen molar-refractivity contribution in [2.24, 2.45) is 0 Å². The minimum absolute atomic E-state index is 0.171. The van der Waals surface area contributed by atoms with Crippen LogP contribution in [0.2, 0.25) is 25.7 Å². The Morgan fingerprint density at radius 1 is 1.05 bits per heavy atom. The number of aromatic nitrogens is 3. The predicted molar refractivity (Wildman–Crippen MR) is 149 cm³/mol. The van der Waals surface area contributed by atoms with Gasteiger partial charge >= 0.3 is 5.97 Å². The lowest BCUT2D eigenvalue weighted by molar-refractivity contribution is 0.0600. The van der Waals surface area contributed by atoms with Crippen LogP contribution >= 0.6 is 0 Å². The summed E-state index contributed by atoms with van der Waals surface area (Å²) in [5.74, 6) is 0.357. The topological polar surface area (TPSA) is 86.5 Å². The number of methoxy groups -OCH3 is 1. The van der Waals surface area contributed by atoms with Gasteiger partial charge in [0, 0.05) is 38.6 Å². The summed E-state index contributed by atoms with van der Waals surface area (Å²) in [6, 6.07) is 18.6. The molecule has 2 aromatic carbocycles. The van der Waals surface area contributed by atoms with Gasteiger partial charge in [-0.3, -0.25) is 4.57 Å². The standard InChI is InChI=1S/C29H35N3O4Si/c1-35-29(34)23-12-10-22(11-13-23)27-31-26-25(24-9-5-7-21(19-24)8-6-16-33)14-15-30-28(26)32(27)20-36-17-18-37(2,3)4/h5,7,9-15,19,33H,6,8,16-18,20H2,1-4H3. The number of aliphatic hydroxyl groups excluding tert-OH is 1. The first kappa shape index (κ1) is 26.7. The number of benzene rings is 2. The molecule has 2 aromatic heterocycles. The summed E-state index contributed by atoms with van der Waals surface area (Å²) in [5.41, 5.74) is 6.11. The van der Waals surface area contributed by atoms with Gasteiger partial charge in [-0.25, -0.2) is 14.8 Å². The van der Waals surface area contributed by atoms with Crippen LogP contribution in [0.15, 0.2) is 60.8 Å². The average molecular weight is 518 g/mol. The van der Waals surface area contributed by atoms with Gasteiger partial charge in [-0.05, 0) is 48.2 Å². The van der Waals surface area contributed by atoms with Crippen molar-refractivity contribution in [1.82, 2.24) is 14.5 Å². The fourth-order valence-electron chi connectivity index (χ4n) is 4.18. The summed E-state index contributed by atoms with van der Waals surface area (Å²) in [6.45, 7) is 8.19. The van der Waals surface area contributed by atoms with Crippen LogP contribution in [0.4, 0.5) is 0 Å². The number of rotatable bonds is 11. The van der Waals surface area contributed by atoms with Gasteiger partial charge in [-0.2, -0.15) is 0 Å². The molecule has 0 spiro atoms. The Hall–Kier alpha value is -3.33. The Kier molecular flexibility index (Phi) is 8.53. The maximum atomic E-state index is 11.9. The predicted octanol–water partition coefficient (Wildman–Crippen LogP) is 5.79. The van der Waals surface area contributed by atoms with Crippen LogP contribution in [-0.4, -0.2) is 54.0 Å². The summed E-state index contributed by atoms with van der Waals surface area (Å²) in [4.78, 5) is 21.7. The van der Waals surface area contributed by atoms with E-state index >= 15 is 0 Å². The van der Waals surface area contributed by atoms with Gasteiger partial charge in [0.25, 0.3) is 0 Å². The van der Waals surface area contributed by atoms with Gasteiger partial charge in [0.05, 0.1) is 12.7 Å². The first-order chi connectivity index (χ1) is 17.8. The number of ether oxygens (including phenoxy) is 2. The van der Waals surface area contributed by atoms with Crippen molar-refractivity contribution in [3.8, 4) is 22.5 Å². The molecule has 0 bridgehead atoms. The second-order valence-corrected chi connectivity index (χ2v) is 16.0.